The molecule has 2 amide bonds. The molecular weight excluding hydrogens is 919 g/mol. The average molecular weight is 988 g/mol. The molecule has 2 bridgehead atoms. The number of benzene rings is 1. The Bertz CT molecular complexity index is 2160. The molecule has 1 spiro atoms. The Morgan fingerprint density at radius 3 is 1.83 bits per heavy atom. The van der Waals surface area contributed by atoms with Gasteiger partial charge in [0.05, 0.1) is 50.4 Å². The van der Waals surface area contributed by atoms with Crippen molar-refractivity contribution < 1.29 is 86.1 Å². The standard InChI is InChI=1S/C49H69N3O18/c1-10-12-24-62-37(56)27-32(65-44(60)69-46(3,4)5)42(58)50-21-17-35(54)64-31-16-19-49(34-26-29-14-15-30(53)40-39(29)48(49,41(31)67-40)20-23-52(34)9)68-36(55)18-22-51-43(59)33(28-38(57)63-25-13-11-2)66-45(61)70-47(6,7)8/h14-16,32-34,41,53H,10-13,17-28H2,1-9H3,(H,50,58)(H,51,59)/t32-,33-,34+,41-,48-,49+/m0/s1. The summed E-state index contributed by atoms with van der Waals surface area (Å²) >= 11 is 0. The molecule has 5 rings (SSSR count). The number of nitrogens with zero attached hydrogens (tertiary/aromatic N) is 1. The number of piperidine rings is 1. The Kier molecular flexibility index (Phi) is 18.2. The van der Waals surface area contributed by atoms with Gasteiger partial charge in [-0.05, 0) is 98.5 Å². The van der Waals surface area contributed by atoms with Crippen molar-refractivity contribution in [3.05, 3.63) is 35.1 Å². The van der Waals surface area contributed by atoms with E-state index in [-0.39, 0.29) is 62.8 Å². The maximum Gasteiger partial charge on any atom is 0.509 e. The number of unbranched alkanes of at least 4 members (excludes halogenated alkanes) is 2. The first kappa shape index (κ1) is 54.8. The van der Waals surface area contributed by atoms with Crippen LogP contribution in [-0.2, 0) is 78.5 Å². The summed E-state index contributed by atoms with van der Waals surface area (Å²) in [6, 6.07) is 2.90. The molecule has 1 saturated heterocycles. The van der Waals surface area contributed by atoms with Crippen molar-refractivity contribution in [3.63, 3.8) is 0 Å². The first-order valence-electron chi connectivity index (χ1n) is 23.9. The number of nitrogens with one attached hydrogen (secondary N) is 2. The minimum absolute atomic E-state index is 0.0534. The van der Waals surface area contributed by atoms with Crippen LogP contribution >= 0.6 is 0 Å². The molecule has 3 N–H and O–H groups in total. The maximum absolute atomic E-state index is 14.1. The van der Waals surface area contributed by atoms with E-state index in [0.717, 1.165) is 18.4 Å². The van der Waals surface area contributed by atoms with Crippen molar-refractivity contribution in [1.29, 1.82) is 0 Å². The van der Waals surface area contributed by atoms with Gasteiger partial charge in [0.2, 0.25) is 0 Å². The molecule has 6 atom stereocenters. The molecule has 21 heteroatoms. The Hall–Kier alpha value is -6.12. The van der Waals surface area contributed by atoms with E-state index in [1.807, 2.05) is 20.9 Å². The van der Waals surface area contributed by atoms with Crippen molar-refractivity contribution in [3.8, 4) is 11.5 Å². The topological polar surface area (TPSA) is 267 Å². The quantitative estimate of drug-likeness (QED) is 0.0793. The lowest BCUT2D eigenvalue weighted by atomic mass is 9.50. The molecule has 0 aromatic heterocycles. The van der Waals surface area contributed by atoms with Crippen LogP contribution in [0.5, 0.6) is 11.5 Å². The smallest absolute Gasteiger partial charge is 0.504 e. The van der Waals surface area contributed by atoms with E-state index in [2.05, 4.69) is 15.5 Å². The second kappa shape index (κ2) is 23.2. The summed E-state index contributed by atoms with van der Waals surface area (Å²) in [6.45, 7) is 13.7. The van der Waals surface area contributed by atoms with Gasteiger partial charge in [0.25, 0.3) is 11.8 Å². The van der Waals surface area contributed by atoms with Crippen LogP contribution in [0.1, 0.15) is 131 Å². The molecule has 1 aromatic rings. The van der Waals surface area contributed by atoms with Gasteiger partial charge in [-0.25, -0.2) is 9.59 Å². The maximum atomic E-state index is 14.1. The van der Waals surface area contributed by atoms with Crippen LogP contribution in [-0.4, -0.2) is 139 Å². The van der Waals surface area contributed by atoms with Crippen molar-refractivity contribution in [2.75, 3.05) is 39.9 Å². The number of phenolic OH excluding ortho intramolecular Hbond substituents is 1. The number of hydrogen-bond acceptors (Lipinski definition) is 19. The second-order valence-electron chi connectivity index (χ2n) is 19.8. The Morgan fingerprint density at radius 2 is 1.31 bits per heavy atom. The first-order valence-corrected chi connectivity index (χ1v) is 23.9. The molecule has 1 fully saturated rings. The van der Waals surface area contributed by atoms with Gasteiger partial charge in [-0.3, -0.25) is 33.7 Å². The number of amides is 2. The van der Waals surface area contributed by atoms with Gasteiger partial charge in [-0.15, -0.1) is 0 Å². The zero-order chi connectivity index (χ0) is 51.6. The highest BCUT2D eigenvalue weighted by atomic mass is 16.7. The summed E-state index contributed by atoms with van der Waals surface area (Å²) in [5.41, 5.74) is -2.90. The van der Waals surface area contributed by atoms with Crippen LogP contribution in [0.25, 0.3) is 0 Å². The third kappa shape index (κ3) is 13.4. The largest absolute Gasteiger partial charge is 0.509 e. The van der Waals surface area contributed by atoms with E-state index in [4.69, 9.17) is 42.6 Å². The van der Waals surface area contributed by atoms with Crippen molar-refractivity contribution in [2.24, 2.45) is 0 Å². The van der Waals surface area contributed by atoms with E-state index >= 15 is 0 Å². The zero-order valence-corrected chi connectivity index (χ0v) is 41.7. The SMILES string of the molecule is CCCCOC(=O)C[C@H](OC(=O)OC(C)(C)C)C(=O)NCCC(=O)OC1=CC[C@@]2(OC(=O)CCNC(=O)[C@H](CC(=O)OCCCC)OC(=O)OC(C)(C)C)[C@H]3Cc4ccc(O)c5c4[C@@]2(CCN3C)[C@H]1O5. The fourth-order valence-corrected chi connectivity index (χ4v) is 9.08. The van der Waals surface area contributed by atoms with Gasteiger partial charge in [0.15, 0.2) is 29.8 Å². The Morgan fingerprint density at radius 1 is 0.786 bits per heavy atom. The van der Waals surface area contributed by atoms with Gasteiger partial charge in [-0.2, -0.15) is 0 Å². The summed E-state index contributed by atoms with van der Waals surface area (Å²) in [7, 11) is 1.91. The number of likely N-dealkylation sites (tertiary alicyclic amines) is 1. The van der Waals surface area contributed by atoms with Crippen molar-refractivity contribution >= 4 is 48.0 Å². The minimum Gasteiger partial charge on any atom is -0.504 e. The number of esters is 4. The number of carbonyl (C=O) groups excluding carboxylic acids is 8. The predicted molar refractivity (Wildman–Crippen MR) is 245 cm³/mol. The Labute approximate surface area is 407 Å². The zero-order valence-electron chi connectivity index (χ0n) is 41.7. The van der Waals surface area contributed by atoms with Crippen LogP contribution in [0.2, 0.25) is 0 Å². The molecule has 2 aliphatic carbocycles. The van der Waals surface area contributed by atoms with Crippen LogP contribution in [0.4, 0.5) is 9.59 Å². The molecule has 70 heavy (non-hydrogen) atoms. The van der Waals surface area contributed by atoms with Gasteiger partial charge in [0.1, 0.15) is 22.6 Å². The lowest BCUT2D eigenvalue weighted by molar-refractivity contribution is -0.206. The second-order valence-corrected chi connectivity index (χ2v) is 19.8. The summed E-state index contributed by atoms with van der Waals surface area (Å²) in [5, 5.41) is 16.2. The van der Waals surface area contributed by atoms with Crippen molar-refractivity contribution in [2.45, 2.75) is 173 Å². The highest BCUT2D eigenvalue weighted by molar-refractivity contribution is 5.88. The van der Waals surface area contributed by atoms with Gasteiger partial charge in [-0.1, -0.05) is 32.8 Å². The van der Waals surface area contributed by atoms with Crippen molar-refractivity contribution in [1.82, 2.24) is 15.5 Å². The first-order chi connectivity index (χ1) is 32.9. The fourth-order valence-electron chi connectivity index (χ4n) is 9.08. The lowest BCUT2D eigenvalue weighted by Crippen LogP contribution is -2.75. The molecule has 0 saturated carbocycles. The monoisotopic (exact) mass is 987 g/mol. The van der Waals surface area contributed by atoms with Crippen LogP contribution < -0.4 is 15.4 Å². The fraction of sp³-hybridized carbons (Fsp3) is 0.673. The van der Waals surface area contributed by atoms with E-state index in [9.17, 15) is 43.5 Å². The number of hydrogen-bond donors (Lipinski definition) is 3. The molecule has 21 nitrogen and oxygen atoms in total. The van der Waals surface area contributed by atoms with Crippen LogP contribution in [0.3, 0.4) is 0 Å². The Balaban J connectivity index is 1.30. The van der Waals surface area contributed by atoms with Gasteiger partial charge < -0.3 is 58.4 Å². The van der Waals surface area contributed by atoms with E-state index in [0.29, 0.717) is 37.8 Å². The molecule has 2 aliphatic heterocycles. The lowest BCUT2D eigenvalue weighted by Gasteiger charge is -2.62. The molecule has 0 unspecified atom stereocenters. The normalized spacial score (nSPS) is 21.8. The number of rotatable bonds is 22. The van der Waals surface area contributed by atoms with E-state index in [1.54, 1.807) is 53.7 Å². The number of carbonyl (C=O) groups is 8. The molecular formula is C49H69N3O18. The molecule has 2 heterocycles. The number of likely N-dealkylation sites (N-methyl/N-ethyl adjacent to an activating group) is 1. The van der Waals surface area contributed by atoms with Gasteiger partial charge >= 0.3 is 36.2 Å². The third-order valence-electron chi connectivity index (χ3n) is 12.2. The summed E-state index contributed by atoms with van der Waals surface area (Å²) < 4.78 is 50.2. The summed E-state index contributed by atoms with van der Waals surface area (Å²) in [6.07, 6.45) is -3.39. The number of aromatic hydroxyl groups is 1. The molecule has 4 aliphatic rings. The number of phenols is 1. The molecule has 1 aromatic carbocycles. The third-order valence-corrected chi connectivity index (χ3v) is 12.2. The predicted octanol–water partition coefficient (Wildman–Crippen LogP) is 4.88. The summed E-state index contributed by atoms with van der Waals surface area (Å²) in [5.74, 6) is -4.64. The minimum atomic E-state index is -1.62. The van der Waals surface area contributed by atoms with Crippen LogP contribution in [0.15, 0.2) is 24.0 Å². The van der Waals surface area contributed by atoms with Gasteiger partial charge in [0, 0.05) is 25.1 Å². The molecule has 0 radical (unpaired) electrons. The number of ether oxygens (including phenoxy) is 9. The highest BCUT2D eigenvalue weighted by Crippen LogP contribution is 2.66. The van der Waals surface area contributed by atoms with E-state index < -0.39 is 107 Å². The highest BCUT2D eigenvalue weighted by Gasteiger charge is 2.74. The average Bonchev–Trinajstić information content (AvgIpc) is 3.61. The van der Waals surface area contributed by atoms with Crippen LogP contribution in [0, 0.1) is 0 Å². The summed E-state index contributed by atoms with van der Waals surface area (Å²) in [4.78, 5) is 106. The van der Waals surface area contributed by atoms with E-state index in [1.165, 1.54) is 6.07 Å². The molecule has 388 valence electrons.